The van der Waals surface area contributed by atoms with Crippen LogP contribution in [0.5, 0.6) is 0 Å². The van der Waals surface area contributed by atoms with Crippen molar-refractivity contribution in [1.29, 1.82) is 0 Å². The second-order valence-electron chi connectivity index (χ2n) is 7.50. The number of benzene rings is 2. The van der Waals surface area contributed by atoms with E-state index in [0.29, 0.717) is 35.8 Å². The Morgan fingerprint density at radius 3 is 2.71 bits per heavy atom. The summed E-state index contributed by atoms with van der Waals surface area (Å²) in [5.41, 5.74) is 1.10. The van der Waals surface area contributed by atoms with Gasteiger partial charge < -0.3 is 4.52 Å². The highest BCUT2D eigenvalue weighted by molar-refractivity contribution is 7.89. The van der Waals surface area contributed by atoms with Crippen molar-refractivity contribution in [3.63, 3.8) is 0 Å². The molecule has 158 valence electrons. The van der Waals surface area contributed by atoms with E-state index in [-0.39, 0.29) is 23.2 Å². The number of hydrogen-bond acceptors (Lipinski definition) is 6. The van der Waals surface area contributed by atoms with E-state index in [1.807, 2.05) is 12.1 Å². The minimum absolute atomic E-state index is 0.198. The number of sulfonamides is 1. The van der Waals surface area contributed by atoms with Crippen molar-refractivity contribution in [1.82, 2.24) is 19.4 Å². The molecule has 0 amide bonds. The summed E-state index contributed by atoms with van der Waals surface area (Å²) in [5.74, 6) is 0.181. The zero-order chi connectivity index (χ0) is 21.4. The van der Waals surface area contributed by atoms with Gasteiger partial charge in [0.25, 0.3) is 0 Å². The molecule has 5 rings (SSSR count). The van der Waals surface area contributed by atoms with Gasteiger partial charge in [0, 0.05) is 30.2 Å². The third-order valence-electron chi connectivity index (χ3n) is 5.49. The molecule has 0 spiro atoms. The van der Waals surface area contributed by atoms with E-state index in [1.165, 1.54) is 16.4 Å². The topological polar surface area (TPSA) is 89.2 Å². The molecule has 0 radical (unpaired) electrons. The standard InChI is InChI=1S/C22H19FN4O3S/c23-18-10-8-16(9-11-18)21-25-22(30-26-21)17-6-3-13-27(14-17)31(28,29)19-7-1-4-15-5-2-12-24-20(15)19/h1-2,4-5,7-12,17H,3,6,13-14H2. The molecule has 4 aromatic rings. The number of para-hydroxylation sites is 1. The zero-order valence-electron chi connectivity index (χ0n) is 16.5. The fraction of sp³-hybridized carbons (Fsp3) is 0.227. The summed E-state index contributed by atoms with van der Waals surface area (Å²) >= 11 is 0. The molecule has 9 heteroatoms. The first-order valence-corrected chi connectivity index (χ1v) is 11.4. The minimum atomic E-state index is -3.74. The largest absolute Gasteiger partial charge is 0.339 e. The number of nitrogens with zero attached hydrogens (tertiary/aromatic N) is 4. The molecule has 0 bridgehead atoms. The van der Waals surface area contributed by atoms with Gasteiger partial charge in [-0.3, -0.25) is 4.98 Å². The van der Waals surface area contributed by atoms with Crippen LogP contribution in [0.15, 0.2) is 70.2 Å². The number of rotatable bonds is 4. The van der Waals surface area contributed by atoms with Crippen LogP contribution in [0.4, 0.5) is 4.39 Å². The first-order chi connectivity index (χ1) is 15.0. The van der Waals surface area contributed by atoms with Crippen molar-refractivity contribution in [3.05, 3.63) is 72.5 Å². The van der Waals surface area contributed by atoms with Gasteiger partial charge in [-0.2, -0.15) is 9.29 Å². The van der Waals surface area contributed by atoms with Crippen LogP contribution < -0.4 is 0 Å². The first-order valence-electron chi connectivity index (χ1n) is 9.96. The number of aromatic nitrogens is 3. The molecule has 0 N–H and O–H groups in total. The Hall–Kier alpha value is -3.17. The van der Waals surface area contributed by atoms with Crippen LogP contribution in [0.2, 0.25) is 0 Å². The molecule has 1 saturated heterocycles. The first kappa shape index (κ1) is 19.8. The lowest BCUT2D eigenvalue weighted by Gasteiger charge is -2.30. The molecule has 1 aliphatic heterocycles. The summed E-state index contributed by atoms with van der Waals surface area (Å²) in [7, 11) is -3.74. The summed E-state index contributed by atoms with van der Waals surface area (Å²) in [4.78, 5) is 8.93. The fourth-order valence-electron chi connectivity index (χ4n) is 3.90. The number of pyridine rings is 1. The third-order valence-corrected chi connectivity index (χ3v) is 7.39. The van der Waals surface area contributed by atoms with E-state index in [2.05, 4.69) is 15.1 Å². The van der Waals surface area contributed by atoms with E-state index >= 15 is 0 Å². The van der Waals surface area contributed by atoms with Crippen LogP contribution in [-0.4, -0.2) is 40.9 Å². The van der Waals surface area contributed by atoms with Crippen LogP contribution in [0.1, 0.15) is 24.7 Å². The van der Waals surface area contributed by atoms with Crippen LogP contribution >= 0.6 is 0 Å². The van der Waals surface area contributed by atoms with Crippen LogP contribution in [0.25, 0.3) is 22.3 Å². The molecule has 0 aliphatic carbocycles. The highest BCUT2D eigenvalue weighted by atomic mass is 32.2. The second-order valence-corrected chi connectivity index (χ2v) is 9.40. The number of hydrogen-bond donors (Lipinski definition) is 0. The Labute approximate surface area is 178 Å². The van der Waals surface area contributed by atoms with Gasteiger partial charge in [-0.05, 0) is 49.2 Å². The quantitative estimate of drug-likeness (QED) is 0.479. The Morgan fingerprint density at radius 2 is 1.87 bits per heavy atom. The van der Waals surface area contributed by atoms with E-state index in [1.54, 1.807) is 36.5 Å². The minimum Gasteiger partial charge on any atom is -0.339 e. The lowest BCUT2D eigenvalue weighted by molar-refractivity contribution is 0.266. The lowest BCUT2D eigenvalue weighted by atomic mass is 10.00. The van der Waals surface area contributed by atoms with E-state index < -0.39 is 10.0 Å². The van der Waals surface area contributed by atoms with Gasteiger partial charge in [0.15, 0.2) is 0 Å². The van der Waals surface area contributed by atoms with Crippen molar-refractivity contribution in [3.8, 4) is 11.4 Å². The summed E-state index contributed by atoms with van der Waals surface area (Å²) < 4.78 is 46.9. The maximum atomic E-state index is 13.4. The molecule has 2 aromatic heterocycles. The number of halogens is 1. The average molecular weight is 438 g/mol. The van der Waals surface area contributed by atoms with Gasteiger partial charge in [-0.25, -0.2) is 12.8 Å². The third kappa shape index (κ3) is 3.70. The van der Waals surface area contributed by atoms with Crippen molar-refractivity contribution in [2.45, 2.75) is 23.7 Å². The van der Waals surface area contributed by atoms with Gasteiger partial charge in [-0.1, -0.05) is 23.4 Å². The molecule has 3 heterocycles. The van der Waals surface area contributed by atoms with E-state index in [4.69, 9.17) is 4.52 Å². The van der Waals surface area contributed by atoms with Gasteiger partial charge >= 0.3 is 0 Å². The molecule has 1 atom stereocenters. The predicted molar refractivity (Wildman–Crippen MR) is 112 cm³/mol. The molecule has 1 aliphatic rings. The summed E-state index contributed by atoms with van der Waals surface area (Å²) in [6.07, 6.45) is 3.01. The van der Waals surface area contributed by atoms with Crippen LogP contribution in [0.3, 0.4) is 0 Å². The monoisotopic (exact) mass is 438 g/mol. The zero-order valence-corrected chi connectivity index (χ0v) is 17.3. The van der Waals surface area contributed by atoms with Crippen LogP contribution in [-0.2, 0) is 10.0 Å². The van der Waals surface area contributed by atoms with Crippen LogP contribution in [0, 0.1) is 5.82 Å². The Kier molecular flexibility index (Phi) is 4.99. The predicted octanol–water partition coefficient (Wildman–Crippen LogP) is 3.99. The highest BCUT2D eigenvalue weighted by Crippen LogP contribution is 2.32. The lowest BCUT2D eigenvalue weighted by Crippen LogP contribution is -2.39. The maximum Gasteiger partial charge on any atom is 0.245 e. The molecule has 0 saturated carbocycles. The second kappa shape index (κ2) is 7.82. The van der Waals surface area contributed by atoms with E-state index in [0.717, 1.165) is 11.8 Å². The molecule has 7 nitrogen and oxygen atoms in total. The molecule has 1 fully saturated rings. The Balaban J connectivity index is 1.42. The summed E-state index contributed by atoms with van der Waals surface area (Å²) in [5, 5.41) is 4.77. The SMILES string of the molecule is O=S(=O)(c1cccc2cccnc12)N1CCCC(c2nc(-c3ccc(F)cc3)no2)C1. The number of fused-ring (bicyclic) bond motifs is 1. The van der Waals surface area contributed by atoms with Crippen molar-refractivity contribution in [2.24, 2.45) is 0 Å². The summed E-state index contributed by atoms with van der Waals surface area (Å²) in [6, 6.07) is 14.6. The average Bonchev–Trinajstić information content (AvgIpc) is 3.29. The molecule has 31 heavy (non-hydrogen) atoms. The Bertz CT molecular complexity index is 1330. The molecule has 1 unspecified atom stereocenters. The smallest absolute Gasteiger partial charge is 0.245 e. The highest BCUT2D eigenvalue weighted by Gasteiger charge is 2.34. The molecular formula is C22H19FN4O3S. The van der Waals surface area contributed by atoms with Gasteiger partial charge in [0.2, 0.25) is 21.7 Å². The van der Waals surface area contributed by atoms with Crippen molar-refractivity contribution >= 4 is 20.9 Å². The molecular weight excluding hydrogens is 419 g/mol. The normalized spacial score (nSPS) is 17.8. The summed E-state index contributed by atoms with van der Waals surface area (Å²) in [6.45, 7) is 0.664. The van der Waals surface area contributed by atoms with Crippen molar-refractivity contribution in [2.75, 3.05) is 13.1 Å². The van der Waals surface area contributed by atoms with Crippen molar-refractivity contribution < 1.29 is 17.3 Å². The Morgan fingerprint density at radius 1 is 1.06 bits per heavy atom. The maximum absolute atomic E-state index is 13.4. The van der Waals surface area contributed by atoms with Gasteiger partial charge in [0.1, 0.15) is 10.7 Å². The van der Waals surface area contributed by atoms with E-state index in [9.17, 15) is 12.8 Å². The molecule has 2 aromatic carbocycles. The van der Waals surface area contributed by atoms with Gasteiger partial charge in [0.05, 0.1) is 11.4 Å². The van der Waals surface area contributed by atoms with Gasteiger partial charge in [-0.15, -0.1) is 0 Å². The number of piperidine rings is 1. The fourth-order valence-corrected chi connectivity index (χ4v) is 5.59.